The number of carbonyl (C=O) groups is 1. The predicted molar refractivity (Wildman–Crippen MR) is 54.2 cm³/mol. The zero-order valence-corrected chi connectivity index (χ0v) is 9.06. The lowest BCUT2D eigenvalue weighted by Gasteiger charge is -2.04. The number of aryl methyl sites for hydroxylation is 1. The van der Waals surface area contributed by atoms with Crippen molar-refractivity contribution in [3.05, 3.63) is 11.4 Å². The summed E-state index contributed by atoms with van der Waals surface area (Å²) in [6.45, 7) is 3.28. The normalized spacial score (nSPS) is 10.5. The lowest BCUT2D eigenvalue weighted by molar-refractivity contribution is -0.117. The number of nitrogens with zero attached hydrogens (tertiary/aromatic N) is 3. The molecule has 0 aromatic carbocycles. The molecule has 84 valence electrons. The Hall–Kier alpha value is -1.43. The van der Waals surface area contributed by atoms with Crippen LogP contribution >= 0.6 is 0 Å². The van der Waals surface area contributed by atoms with Crippen LogP contribution in [0.4, 0.5) is 0 Å². The van der Waals surface area contributed by atoms with Crippen LogP contribution < -0.4 is 5.73 Å². The standard InChI is InChI=1S/C9H16N4O2/c1-3-13-8(4-5-15-2)7(11-12-13)6-9(10)14/h3-6H2,1-2H3,(H2,10,14). The molecule has 0 unspecified atom stereocenters. The van der Waals surface area contributed by atoms with Gasteiger partial charge in [0.25, 0.3) is 0 Å². The molecule has 0 atom stereocenters. The van der Waals surface area contributed by atoms with Crippen molar-refractivity contribution in [2.75, 3.05) is 13.7 Å². The summed E-state index contributed by atoms with van der Waals surface area (Å²) in [6, 6.07) is 0. The maximum absolute atomic E-state index is 10.8. The first kappa shape index (κ1) is 11.6. The van der Waals surface area contributed by atoms with E-state index in [1.165, 1.54) is 0 Å². The second-order valence-electron chi connectivity index (χ2n) is 3.18. The van der Waals surface area contributed by atoms with Crippen LogP contribution in [0.2, 0.25) is 0 Å². The molecule has 1 heterocycles. The first-order valence-electron chi connectivity index (χ1n) is 4.87. The predicted octanol–water partition coefficient (Wildman–Crippen LogP) is -0.485. The summed E-state index contributed by atoms with van der Waals surface area (Å²) in [6.07, 6.45) is 0.832. The van der Waals surface area contributed by atoms with Crippen molar-refractivity contribution in [1.82, 2.24) is 15.0 Å². The Balaban J connectivity index is 2.84. The minimum atomic E-state index is -0.392. The number of aromatic nitrogens is 3. The molecular weight excluding hydrogens is 196 g/mol. The summed E-state index contributed by atoms with van der Waals surface area (Å²) in [5.41, 5.74) is 6.71. The van der Waals surface area contributed by atoms with E-state index in [9.17, 15) is 4.79 Å². The van der Waals surface area contributed by atoms with Gasteiger partial charge in [0.05, 0.1) is 24.4 Å². The summed E-state index contributed by atoms with van der Waals surface area (Å²) in [4.78, 5) is 10.8. The number of carbonyl (C=O) groups excluding carboxylic acids is 1. The number of nitrogens with two attached hydrogens (primary N) is 1. The van der Waals surface area contributed by atoms with Crippen LogP contribution in [0.5, 0.6) is 0 Å². The fraction of sp³-hybridized carbons (Fsp3) is 0.667. The summed E-state index contributed by atoms with van der Waals surface area (Å²) in [7, 11) is 1.63. The maximum atomic E-state index is 10.8. The number of ether oxygens (including phenoxy) is 1. The molecule has 0 radical (unpaired) electrons. The SMILES string of the molecule is CCn1nnc(CC(N)=O)c1CCOC. The van der Waals surface area contributed by atoms with Crippen molar-refractivity contribution >= 4 is 5.91 Å². The van der Waals surface area contributed by atoms with Gasteiger partial charge in [0.2, 0.25) is 5.91 Å². The summed E-state index contributed by atoms with van der Waals surface area (Å²) in [5.74, 6) is -0.392. The molecule has 2 N–H and O–H groups in total. The highest BCUT2D eigenvalue weighted by Gasteiger charge is 2.13. The number of methoxy groups -OCH3 is 1. The molecule has 6 nitrogen and oxygen atoms in total. The molecule has 1 aromatic rings. The first-order chi connectivity index (χ1) is 7.19. The lowest BCUT2D eigenvalue weighted by Crippen LogP contribution is -2.16. The molecule has 0 fully saturated rings. The molecule has 0 aliphatic carbocycles. The van der Waals surface area contributed by atoms with Gasteiger partial charge in [-0.05, 0) is 6.92 Å². The van der Waals surface area contributed by atoms with Gasteiger partial charge in [0.15, 0.2) is 0 Å². The van der Waals surface area contributed by atoms with Crippen molar-refractivity contribution in [2.24, 2.45) is 5.73 Å². The minimum absolute atomic E-state index is 0.138. The summed E-state index contributed by atoms with van der Waals surface area (Å²) >= 11 is 0. The largest absolute Gasteiger partial charge is 0.384 e. The number of amides is 1. The van der Waals surface area contributed by atoms with Gasteiger partial charge >= 0.3 is 0 Å². The third-order valence-electron chi connectivity index (χ3n) is 2.10. The van der Waals surface area contributed by atoms with E-state index in [1.54, 1.807) is 11.8 Å². The molecule has 0 spiro atoms. The average molecular weight is 212 g/mol. The topological polar surface area (TPSA) is 83.0 Å². The lowest BCUT2D eigenvalue weighted by atomic mass is 10.2. The van der Waals surface area contributed by atoms with E-state index in [4.69, 9.17) is 10.5 Å². The van der Waals surface area contributed by atoms with Gasteiger partial charge in [0.1, 0.15) is 0 Å². The quantitative estimate of drug-likeness (QED) is 0.690. The Labute approximate surface area is 88.4 Å². The maximum Gasteiger partial charge on any atom is 0.223 e. The van der Waals surface area contributed by atoms with E-state index < -0.39 is 5.91 Å². The Kier molecular flexibility index (Phi) is 4.23. The number of rotatable bonds is 6. The molecule has 6 heteroatoms. The fourth-order valence-electron chi connectivity index (χ4n) is 1.40. The third-order valence-corrected chi connectivity index (χ3v) is 2.10. The number of hydrogen-bond donors (Lipinski definition) is 1. The van der Waals surface area contributed by atoms with Gasteiger partial charge in [-0.25, -0.2) is 4.68 Å². The zero-order valence-electron chi connectivity index (χ0n) is 9.06. The molecule has 1 amide bonds. The van der Waals surface area contributed by atoms with Crippen molar-refractivity contribution < 1.29 is 9.53 Å². The Bertz CT molecular complexity index is 335. The van der Waals surface area contributed by atoms with Crippen molar-refractivity contribution in [3.8, 4) is 0 Å². The van der Waals surface area contributed by atoms with Crippen LogP contribution in [0.25, 0.3) is 0 Å². The molecule has 1 aromatic heterocycles. The highest BCUT2D eigenvalue weighted by atomic mass is 16.5. The third kappa shape index (κ3) is 3.02. The van der Waals surface area contributed by atoms with Gasteiger partial charge in [0, 0.05) is 20.1 Å². The van der Waals surface area contributed by atoms with Crippen LogP contribution in [-0.4, -0.2) is 34.6 Å². The summed E-state index contributed by atoms with van der Waals surface area (Å²) in [5, 5.41) is 7.88. The van der Waals surface area contributed by atoms with E-state index in [0.29, 0.717) is 18.7 Å². The average Bonchev–Trinajstić information content (AvgIpc) is 2.56. The Morgan fingerprint density at radius 3 is 2.87 bits per heavy atom. The molecule has 0 saturated carbocycles. The van der Waals surface area contributed by atoms with Crippen molar-refractivity contribution in [2.45, 2.75) is 26.3 Å². The van der Waals surface area contributed by atoms with E-state index >= 15 is 0 Å². The van der Waals surface area contributed by atoms with Crippen LogP contribution in [0, 0.1) is 0 Å². The molecule has 0 aliphatic heterocycles. The number of hydrogen-bond acceptors (Lipinski definition) is 4. The summed E-state index contributed by atoms with van der Waals surface area (Å²) < 4.78 is 6.75. The molecule has 0 saturated heterocycles. The molecular formula is C9H16N4O2. The zero-order chi connectivity index (χ0) is 11.3. The Morgan fingerprint density at radius 1 is 1.60 bits per heavy atom. The van der Waals surface area contributed by atoms with Crippen LogP contribution in [0.15, 0.2) is 0 Å². The Morgan fingerprint density at radius 2 is 2.33 bits per heavy atom. The van der Waals surface area contributed by atoms with E-state index in [1.807, 2.05) is 6.92 Å². The van der Waals surface area contributed by atoms with Gasteiger partial charge in [-0.2, -0.15) is 0 Å². The second kappa shape index (κ2) is 5.45. The van der Waals surface area contributed by atoms with E-state index in [0.717, 1.165) is 12.2 Å². The molecule has 0 aliphatic rings. The molecule has 0 bridgehead atoms. The van der Waals surface area contributed by atoms with E-state index in [2.05, 4.69) is 10.3 Å². The van der Waals surface area contributed by atoms with Gasteiger partial charge in [-0.1, -0.05) is 5.21 Å². The van der Waals surface area contributed by atoms with Crippen LogP contribution in [0.3, 0.4) is 0 Å². The molecule has 1 rings (SSSR count). The fourth-order valence-corrected chi connectivity index (χ4v) is 1.40. The first-order valence-corrected chi connectivity index (χ1v) is 4.87. The second-order valence-corrected chi connectivity index (χ2v) is 3.18. The van der Waals surface area contributed by atoms with Crippen LogP contribution in [0.1, 0.15) is 18.3 Å². The van der Waals surface area contributed by atoms with E-state index in [-0.39, 0.29) is 6.42 Å². The van der Waals surface area contributed by atoms with Crippen molar-refractivity contribution in [3.63, 3.8) is 0 Å². The monoisotopic (exact) mass is 212 g/mol. The number of primary amides is 1. The highest BCUT2D eigenvalue weighted by Crippen LogP contribution is 2.07. The minimum Gasteiger partial charge on any atom is -0.384 e. The van der Waals surface area contributed by atoms with Crippen LogP contribution in [-0.2, 0) is 28.9 Å². The smallest absolute Gasteiger partial charge is 0.223 e. The van der Waals surface area contributed by atoms with Crippen molar-refractivity contribution in [1.29, 1.82) is 0 Å². The molecule has 15 heavy (non-hydrogen) atoms. The van der Waals surface area contributed by atoms with Gasteiger partial charge in [-0.15, -0.1) is 5.10 Å². The van der Waals surface area contributed by atoms with Gasteiger partial charge in [-0.3, -0.25) is 4.79 Å². The highest BCUT2D eigenvalue weighted by molar-refractivity contribution is 5.76. The van der Waals surface area contributed by atoms with Gasteiger partial charge < -0.3 is 10.5 Å².